The molecule has 1 aromatic carbocycles. The molecule has 0 atom stereocenters. The average molecular weight is 397 g/mol. The topological polar surface area (TPSA) is 123 Å². The van der Waals surface area contributed by atoms with E-state index >= 15 is 0 Å². The first-order valence-electron chi connectivity index (χ1n) is 8.88. The van der Waals surface area contributed by atoms with Gasteiger partial charge in [-0.05, 0) is 50.6 Å². The highest BCUT2D eigenvalue weighted by Crippen LogP contribution is 2.28. The van der Waals surface area contributed by atoms with Gasteiger partial charge in [0, 0.05) is 6.54 Å². The van der Waals surface area contributed by atoms with Crippen LogP contribution >= 0.6 is 0 Å². The Morgan fingerprint density at radius 1 is 1.04 bits per heavy atom. The minimum absolute atomic E-state index is 0.0479. The van der Waals surface area contributed by atoms with E-state index in [1.54, 1.807) is 14.2 Å². The molecule has 156 valence electrons. The van der Waals surface area contributed by atoms with E-state index in [0.29, 0.717) is 6.61 Å². The SMILES string of the molecule is CCOC(=O)C1CCN(Cc2ccc(OC)c(OC)c2)CC1.O=C(O)C(=O)O. The van der Waals surface area contributed by atoms with Crippen molar-refractivity contribution in [2.75, 3.05) is 33.9 Å². The van der Waals surface area contributed by atoms with Crippen LogP contribution in [0.2, 0.25) is 0 Å². The van der Waals surface area contributed by atoms with E-state index in [1.807, 2.05) is 19.1 Å². The molecular formula is C19H27NO8. The van der Waals surface area contributed by atoms with Gasteiger partial charge in [0.25, 0.3) is 0 Å². The number of esters is 1. The highest BCUT2D eigenvalue weighted by Gasteiger charge is 2.25. The van der Waals surface area contributed by atoms with Crippen molar-refractivity contribution in [3.05, 3.63) is 23.8 Å². The fraction of sp³-hybridized carbons (Fsp3) is 0.526. The second-order valence-electron chi connectivity index (χ2n) is 6.10. The number of carboxylic acids is 2. The number of rotatable bonds is 6. The second-order valence-corrected chi connectivity index (χ2v) is 6.10. The molecule has 0 aliphatic carbocycles. The van der Waals surface area contributed by atoms with Gasteiger partial charge in [-0.3, -0.25) is 9.69 Å². The van der Waals surface area contributed by atoms with Crippen LogP contribution in [0.1, 0.15) is 25.3 Å². The smallest absolute Gasteiger partial charge is 0.414 e. The van der Waals surface area contributed by atoms with E-state index in [-0.39, 0.29) is 11.9 Å². The number of hydrogen-bond acceptors (Lipinski definition) is 7. The first-order chi connectivity index (χ1) is 13.3. The zero-order valence-corrected chi connectivity index (χ0v) is 16.3. The van der Waals surface area contributed by atoms with Gasteiger partial charge in [-0.1, -0.05) is 6.07 Å². The molecule has 0 amide bonds. The summed E-state index contributed by atoms with van der Waals surface area (Å²) in [4.78, 5) is 32.3. The third-order valence-corrected chi connectivity index (χ3v) is 4.24. The summed E-state index contributed by atoms with van der Waals surface area (Å²) in [6, 6.07) is 5.99. The number of carbonyl (C=O) groups is 3. The molecule has 1 heterocycles. The molecule has 1 saturated heterocycles. The van der Waals surface area contributed by atoms with Crippen molar-refractivity contribution in [3.63, 3.8) is 0 Å². The maximum atomic E-state index is 11.7. The number of ether oxygens (including phenoxy) is 3. The molecule has 1 aromatic rings. The molecule has 0 saturated carbocycles. The number of likely N-dealkylation sites (tertiary alicyclic amines) is 1. The lowest BCUT2D eigenvalue weighted by Gasteiger charge is -2.30. The molecule has 1 fully saturated rings. The summed E-state index contributed by atoms with van der Waals surface area (Å²) in [5.74, 6) is -2.14. The highest BCUT2D eigenvalue weighted by molar-refractivity contribution is 6.27. The number of methoxy groups -OCH3 is 2. The number of hydrogen-bond donors (Lipinski definition) is 2. The van der Waals surface area contributed by atoms with Crippen LogP contribution < -0.4 is 9.47 Å². The molecule has 28 heavy (non-hydrogen) atoms. The fourth-order valence-corrected chi connectivity index (χ4v) is 2.82. The Balaban J connectivity index is 0.000000568. The number of carboxylic acid groups (broad SMARTS) is 2. The van der Waals surface area contributed by atoms with Gasteiger partial charge < -0.3 is 24.4 Å². The Morgan fingerprint density at radius 2 is 1.61 bits per heavy atom. The summed E-state index contributed by atoms with van der Waals surface area (Å²) in [6.07, 6.45) is 1.73. The molecule has 2 rings (SSSR count). The lowest BCUT2D eigenvalue weighted by atomic mass is 9.96. The summed E-state index contributed by atoms with van der Waals surface area (Å²) in [6.45, 7) is 5.00. The van der Waals surface area contributed by atoms with E-state index < -0.39 is 11.9 Å². The van der Waals surface area contributed by atoms with Crippen molar-refractivity contribution in [2.45, 2.75) is 26.3 Å². The third kappa shape index (κ3) is 7.43. The molecule has 1 aliphatic heterocycles. The molecule has 2 N–H and O–H groups in total. The molecule has 9 nitrogen and oxygen atoms in total. The van der Waals surface area contributed by atoms with E-state index in [4.69, 9.17) is 34.0 Å². The van der Waals surface area contributed by atoms with Crippen molar-refractivity contribution in [3.8, 4) is 11.5 Å². The zero-order valence-electron chi connectivity index (χ0n) is 16.3. The van der Waals surface area contributed by atoms with E-state index in [9.17, 15) is 4.79 Å². The number of carbonyl (C=O) groups excluding carboxylic acids is 1. The lowest BCUT2D eigenvalue weighted by molar-refractivity contribution is -0.159. The Hall–Kier alpha value is -2.81. The van der Waals surface area contributed by atoms with Crippen molar-refractivity contribution >= 4 is 17.9 Å². The molecule has 1 aliphatic rings. The number of aliphatic carboxylic acids is 2. The van der Waals surface area contributed by atoms with Gasteiger partial charge in [0.2, 0.25) is 0 Å². The monoisotopic (exact) mass is 397 g/mol. The largest absolute Gasteiger partial charge is 0.493 e. The van der Waals surface area contributed by atoms with Crippen molar-refractivity contribution in [2.24, 2.45) is 5.92 Å². The normalized spacial score (nSPS) is 14.4. The Bertz CT molecular complexity index is 656. The molecule has 0 unspecified atom stereocenters. The number of piperidine rings is 1. The number of nitrogens with zero attached hydrogens (tertiary/aromatic N) is 1. The van der Waals surface area contributed by atoms with Crippen LogP contribution in [0.25, 0.3) is 0 Å². The van der Waals surface area contributed by atoms with Crippen molar-refractivity contribution in [1.82, 2.24) is 4.90 Å². The average Bonchev–Trinajstić information content (AvgIpc) is 2.69. The predicted molar refractivity (Wildman–Crippen MR) is 99.5 cm³/mol. The maximum Gasteiger partial charge on any atom is 0.414 e. The van der Waals surface area contributed by atoms with Crippen LogP contribution in [-0.2, 0) is 25.7 Å². The van der Waals surface area contributed by atoms with Gasteiger partial charge in [-0.15, -0.1) is 0 Å². The summed E-state index contributed by atoms with van der Waals surface area (Å²) in [7, 11) is 3.28. The van der Waals surface area contributed by atoms with E-state index in [2.05, 4.69) is 11.0 Å². The molecule has 0 bridgehead atoms. The van der Waals surface area contributed by atoms with Gasteiger partial charge in [-0.25, -0.2) is 9.59 Å². The molecule has 0 spiro atoms. The molecular weight excluding hydrogens is 370 g/mol. The van der Waals surface area contributed by atoms with Crippen LogP contribution in [0.5, 0.6) is 11.5 Å². The van der Waals surface area contributed by atoms with Gasteiger partial charge in [0.1, 0.15) is 0 Å². The van der Waals surface area contributed by atoms with E-state index in [1.165, 1.54) is 5.56 Å². The fourth-order valence-electron chi connectivity index (χ4n) is 2.82. The molecule has 0 radical (unpaired) electrons. The maximum absolute atomic E-state index is 11.7. The minimum atomic E-state index is -1.82. The Labute approximate surface area is 163 Å². The summed E-state index contributed by atoms with van der Waals surface area (Å²) in [5.41, 5.74) is 1.19. The van der Waals surface area contributed by atoms with Crippen molar-refractivity contribution in [1.29, 1.82) is 0 Å². The molecule has 0 aromatic heterocycles. The second kappa shape index (κ2) is 11.8. The van der Waals surface area contributed by atoms with Crippen LogP contribution in [0.3, 0.4) is 0 Å². The van der Waals surface area contributed by atoms with Gasteiger partial charge in [0.05, 0.1) is 26.7 Å². The first-order valence-corrected chi connectivity index (χ1v) is 8.88. The van der Waals surface area contributed by atoms with Crippen molar-refractivity contribution < 1.29 is 38.8 Å². The number of benzene rings is 1. The molecule has 9 heteroatoms. The van der Waals surface area contributed by atoms with Gasteiger partial charge in [-0.2, -0.15) is 0 Å². The minimum Gasteiger partial charge on any atom is -0.493 e. The third-order valence-electron chi connectivity index (χ3n) is 4.24. The Morgan fingerprint density at radius 3 is 2.07 bits per heavy atom. The van der Waals surface area contributed by atoms with Crippen LogP contribution in [0, 0.1) is 5.92 Å². The summed E-state index contributed by atoms with van der Waals surface area (Å²) < 4.78 is 15.7. The summed E-state index contributed by atoms with van der Waals surface area (Å²) >= 11 is 0. The first kappa shape index (κ1) is 23.2. The van der Waals surface area contributed by atoms with Crippen LogP contribution in [-0.4, -0.2) is 66.9 Å². The van der Waals surface area contributed by atoms with E-state index in [0.717, 1.165) is 44.0 Å². The lowest BCUT2D eigenvalue weighted by Crippen LogP contribution is -2.36. The van der Waals surface area contributed by atoms with Gasteiger partial charge >= 0.3 is 17.9 Å². The van der Waals surface area contributed by atoms with Crippen LogP contribution in [0.15, 0.2) is 18.2 Å². The summed E-state index contributed by atoms with van der Waals surface area (Å²) in [5, 5.41) is 14.8. The highest BCUT2D eigenvalue weighted by atomic mass is 16.5. The Kier molecular flexibility index (Phi) is 9.80. The standard InChI is InChI=1S/C17H25NO4.C2H2O4/c1-4-22-17(19)14-7-9-18(10-8-14)12-13-5-6-15(20-2)16(11-13)21-3;3-1(4)2(5)6/h5-6,11,14H,4,7-10,12H2,1-3H3;(H,3,4)(H,5,6). The quantitative estimate of drug-likeness (QED) is 0.544. The van der Waals surface area contributed by atoms with Crippen LogP contribution in [0.4, 0.5) is 0 Å². The zero-order chi connectivity index (χ0) is 21.1. The van der Waals surface area contributed by atoms with Gasteiger partial charge in [0.15, 0.2) is 11.5 Å². The predicted octanol–water partition coefficient (Wildman–Crippen LogP) is 1.63.